The van der Waals surface area contributed by atoms with Crippen molar-refractivity contribution in [3.05, 3.63) is 23.8 Å². The molecule has 1 aliphatic heterocycles. The molecule has 0 unspecified atom stereocenters. The van der Waals surface area contributed by atoms with E-state index in [0.29, 0.717) is 13.1 Å². The number of phenolic OH excluding ortho intramolecular Hbond substituents is 1. The van der Waals surface area contributed by atoms with Crippen LogP contribution in [0.5, 0.6) is 11.5 Å². The van der Waals surface area contributed by atoms with Gasteiger partial charge in [0.2, 0.25) is 0 Å². The minimum atomic E-state index is -4.48. The quantitative estimate of drug-likeness (QED) is 0.895. The molecule has 1 fully saturated rings. The average molecular weight is 327 g/mol. The number of phenols is 1. The van der Waals surface area contributed by atoms with Crippen molar-refractivity contribution in [2.24, 2.45) is 0 Å². The Hall–Kier alpha value is -1.18. The molecule has 0 saturated carbocycles. The summed E-state index contributed by atoms with van der Waals surface area (Å²) < 4.78 is 45.4. The monoisotopic (exact) mass is 326 g/mol. The first kappa shape index (κ1) is 17.9. The minimum Gasteiger partial charge on any atom is -0.507 e. The number of hydrogen-bond donors (Lipinski definition) is 2. The van der Waals surface area contributed by atoms with E-state index in [1.54, 1.807) is 0 Å². The van der Waals surface area contributed by atoms with Gasteiger partial charge in [0.1, 0.15) is 17.5 Å². The summed E-state index contributed by atoms with van der Waals surface area (Å²) in [6, 6.07) is 2.28. The smallest absolute Gasteiger partial charge is 0.408 e. The molecule has 0 radical (unpaired) electrons. The van der Waals surface area contributed by atoms with Crippen molar-refractivity contribution >= 4 is 12.4 Å². The Kier molecular flexibility index (Phi) is 6.12. The molecule has 1 saturated heterocycles. The van der Waals surface area contributed by atoms with E-state index in [0.717, 1.165) is 0 Å². The van der Waals surface area contributed by atoms with Crippen LogP contribution < -0.4 is 10.1 Å². The van der Waals surface area contributed by atoms with Gasteiger partial charge in [-0.3, -0.25) is 4.90 Å². The van der Waals surface area contributed by atoms with Crippen LogP contribution in [0.1, 0.15) is 11.6 Å². The Balaban J connectivity index is 0.00000220. The molecule has 1 aromatic carbocycles. The van der Waals surface area contributed by atoms with Crippen LogP contribution in [0.25, 0.3) is 0 Å². The van der Waals surface area contributed by atoms with E-state index in [9.17, 15) is 18.3 Å². The first-order valence-corrected chi connectivity index (χ1v) is 6.32. The molecule has 4 nitrogen and oxygen atoms in total. The third-order valence-corrected chi connectivity index (χ3v) is 3.36. The topological polar surface area (TPSA) is 44.7 Å². The van der Waals surface area contributed by atoms with Crippen LogP contribution >= 0.6 is 12.4 Å². The standard InChI is InChI=1S/C13H17F3N2O2.ClH/c1-20-10-4-2-3-9(19)11(10)12(13(14,15)16)18-7-5-17-6-8-18;/h2-4,12,17,19H,5-8H2,1H3;1H/t12-;/m0./s1. The molecular weight excluding hydrogens is 309 g/mol. The zero-order chi connectivity index (χ0) is 14.8. The van der Waals surface area contributed by atoms with Crippen LogP contribution in [0.4, 0.5) is 13.2 Å². The molecule has 1 aromatic rings. The molecule has 0 bridgehead atoms. The van der Waals surface area contributed by atoms with Crippen LogP contribution in [-0.2, 0) is 0 Å². The van der Waals surface area contributed by atoms with E-state index >= 15 is 0 Å². The van der Waals surface area contributed by atoms with Gasteiger partial charge < -0.3 is 15.2 Å². The lowest BCUT2D eigenvalue weighted by Gasteiger charge is -2.36. The van der Waals surface area contributed by atoms with E-state index in [4.69, 9.17) is 4.74 Å². The van der Waals surface area contributed by atoms with Crippen LogP contribution in [0.2, 0.25) is 0 Å². The van der Waals surface area contributed by atoms with Crippen molar-refractivity contribution in [3.63, 3.8) is 0 Å². The Morgan fingerprint density at radius 2 is 1.90 bits per heavy atom. The number of ether oxygens (including phenoxy) is 1. The molecule has 2 rings (SSSR count). The molecular formula is C13H18ClF3N2O2. The number of benzene rings is 1. The van der Waals surface area contributed by atoms with Crippen molar-refractivity contribution in [1.82, 2.24) is 10.2 Å². The Morgan fingerprint density at radius 1 is 1.29 bits per heavy atom. The highest BCUT2D eigenvalue weighted by Crippen LogP contribution is 2.45. The second-order valence-corrected chi connectivity index (χ2v) is 4.62. The van der Waals surface area contributed by atoms with E-state index in [1.807, 2.05) is 0 Å². The van der Waals surface area contributed by atoms with E-state index < -0.39 is 18.0 Å². The fourth-order valence-corrected chi connectivity index (χ4v) is 2.48. The third-order valence-electron chi connectivity index (χ3n) is 3.36. The Bertz CT molecular complexity index is 465. The van der Waals surface area contributed by atoms with Crippen LogP contribution in [0.3, 0.4) is 0 Å². The molecule has 1 heterocycles. The molecule has 8 heteroatoms. The number of alkyl halides is 3. The van der Waals surface area contributed by atoms with Crippen molar-refractivity contribution in [3.8, 4) is 11.5 Å². The number of piperazine rings is 1. The number of nitrogens with one attached hydrogen (secondary N) is 1. The van der Waals surface area contributed by atoms with Crippen LogP contribution in [-0.4, -0.2) is 49.5 Å². The van der Waals surface area contributed by atoms with Gasteiger partial charge in [0, 0.05) is 26.2 Å². The molecule has 2 N–H and O–H groups in total. The SMILES string of the molecule is COc1cccc(O)c1[C@H](N1CCNCC1)C(F)(F)F.Cl. The second-order valence-electron chi connectivity index (χ2n) is 4.62. The van der Waals surface area contributed by atoms with Gasteiger partial charge in [-0.05, 0) is 12.1 Å². The maximum atomic E-state index is 13.5. The number of hydrogen-bond acceptors (Lipinski definition) is 4. The van der Waals surface area contributed by atoms with Gasteiger partial charge in [-0.1, -0.05) is 6.07 Å². The van der Waals surface area contributed by atoms with Gasteiger partial charge in [0.05, 0.1) is 12.7 Å². The average Bonchev–Trinajstić information content (AvgIpc) is 2.40. The van der Waals surface area contributed by atoms with Crippen molar-refractivity contribution in [1.29, 1.82) is 0 Å². The zero-order valence-corrected chi connectivity index (χ0v) is 12.3. The lowest BCUT2D eigenvalue weighted by atomic mass is 10.0. The number of methoxy groups -OCH3 is 1. The summed E-state index contributed by atoms with van der Waals surface area (Å²) in [6.07, 6.45) is -4.48. The summed E-state index contributed by atoms with van der Waals surface area (Å²) in [5.41, 5.74) is -0.218. The van der Waals surface area contributed by atoms with Crippen molar-refractivity contribution in [2.75, 3.05) is 33.3 Å². The normalized spacial score (nSPS) is 17.9. The summed E-state index contributed by atoms with van der Waals surface area (Å²) in [7, 11) is 1.30. The van der Waals surface area contributed by atoms with Crippen molar-refractivity contribution in [2.45, 2.75) is 12.2 Å². The zero-order valence-electron chi connectivity index (χ0n) is 11.5. The third kappa shape index (κ3) is 3.93. The largest absolute Gasteiger partial charge is 0.507 e. The van der Waals surface area contributed by atoms with Gasteiger partial charge in [-0.2, -0.15) is 13.2 Å². The van der Waals surface area contributed by atoms with E-state index in [2.05, 4.69) is 5.32 Å². The summed E-state index contributed by atoms with van der Waals surface area (Å²) in [5.74, 6) is -0.351. The number of nitrogens with zero attached hydrogens (tertiary/aromatic N) is 1. The molecule has 120 valence electrons. The second kappa shape index (κ2) is 7.20. The summed E-state index contributed by atoms with van der Waals surface area (Å²) in [4.78, 5) is 1.31. The molecule has 0 amide bonds. The first-order chi connectivity index (χ1) is 9.45. The van der Waals surface area contributed by atoms with Gasteiger partial charge in [-0.25, -0.2) is 0 Å². The number of rotatable bonds is 3. The summed E-state index contributed by atoms with van der Waals surface area (Å²) in [6.45, 7) is 1.51. The van der Waals surface area contributed by atoms with Crippen LogP contribution in [0.15, 0.2) is 18.2 Å². The van der Waals surface area contributed by atoms with Crippen LogP contribution in [0, 0.1) is 0 Å². The van der Waals surface area contributed by atoms with E-state index in [1.165, 1.54) is 30.2 Å². The summed E-state index contributed by atoms with van der Waals surface area (Å²) >= 11 is 0. The highest BCUT2D eigenvalue weighted by Gasteiger charge is 2.47. The molecule has 21 heavy (non-hydrogen) atoms. The predicted octanol–water partition coefficient (Wildman–Crippen LogP) is 2.33. The molecule has 0 spiro atoms. The number of halogens is 4. The highest BCUT2D eigenvalue weighted by atomic mass is 35.5. The first-order valence-electron chi connectivity index (χ1n) is 6.32. The maximum absolute atomic E-state index is 13.5. The lowest BCUT2D eigenvalue weighted by Crippen LogP contribution is -2.49. The summed E-state index contributed by atoms with van der Waals surface area (Å²) in [5, 5.41) is 12.9. The maximum Gasteiger partial charge on any atom is 0.408 e. The fourth-order valence-electron chi connectivity index (χ4n) is 2.48. The number of aromatic hydroxyl groups is 1. The lowest BCUT2D eigenvalue weighted by molar-refractivity contribution is -0.188. The van der Waals surface area contributed by atoms with Gasteiger partial charge in [-0.15, -0.1) is 12.4 Å². The highest BCUT2D eigenvalue weighted by molar-refractivity contribution is 5.85. The molecule has 1 aliphatic rings. The fraction of sp³-hybridized carbons (Fsp3) is 0.538. The molecule has 0 aliphatic carbocycles. The predicted molar refractivity (Wildman–Crippen MR) is 75.1 cm³/mol. The van der Waals surface area contributed by atoms with E-state index in [-0.39, 0.29) is 36.8 Å². The van der Waals surface area contributed by atoms with Crippen molar-refractivity contribution < 1.29 is 23.0 Å². The van der Waals surface area contributed by atoms with Gasteiger partial charge in [0.25, 0.3) is 0 Å². The van der Waals surface area contributed by atoms with Gasteiger partial charge in [0.15, 0.2) is 0 Å². The Labute approximate surface area is 127 Å². The van der Waals surface area contributed by atoms with Gasteiger partial charge >= 0.3 is 6.18 Å². The molecule has 1 atom stereocenters. The minimum absolute atomic E-state index is 0. The molecule has 0 aromatic heterocycles. The Morgan fingerprint density at radius 3 is 2.43 bits per heavy atom.